The van der Waals surface area contributed by atoms with Gasteiger partial charge >= 0.3 is 6.18 Å². The maximum Gasteiger partial charge on any atom is 0.405 e. The molecule has 0 bridgehead atoms. The molecule has 5 nitrogen and oxygen atoms in total. The molecule has 140 valence electrons. The summed E-state index contributed by atoms with van der Waals surface area (Å²) in [4.78, 5) is 30.8. The number of hydrogen-bond donors (Lipinski definition) is 1. The molecule has 2 heterocycles. The van der Waals surface area contributed by atoms with Crippen LogP contribution < -0.4 is 10.9 Å². The Morgan fingerprint density at radius 2 is 2.19 bits per heavy atom. The van der Waals surface area contributed by atoms with Gasteiger partial charge in [0, 0.05) is 11.4 Å². The zero-order valence-electron chi connectivity index (χ0n) is 13.7. The van der Waals surface area contributed by atoms with Crippen molar-refractivity contribution in [1.29, 1.82) is 0 Å². The van der Waals surface area contributed by atoms with Crippen LogP contribution in [0, 0.1) is 0 Å². The van der Waals surface area contributed by atoms with E-state index in [1.165, 1.54) is 20.8 Å². The Balaban J connectivity index is 1.86. The Labute approximate surface area is 155 Å². The summed E-state index contributed by atoms with van der Waals surface area (Å²) >= 11 is 2.42. The largest absolute Gasteiger partial charge is 0.405 e. The Kier molecular flexibility index (Phi) is 5.42. The van der Waals surface area contributed by atoms with Crippen molar-refractivity contribution in [2.24, 2.45) is 0 Å². The molecule has 0 fully saturated rings. The lowest BCUT2D eigenvalue weighted by molar-refractivity contribution is -0.136. The first-order valence-electron chi connectivity index (χ1n) is 7.92. The van der Waals surface area contributed by atoms with Crippen LogP contribution in [0.3, 0.4) is 0 Å². The summed E-state index contributed by atoms with van der Waals surface area (Å²) < 4.78 is 37.9. The number of nitrogens with zero attached hydrogens (tertiary/aromatic N) is 2. The van der Waals surface area contributed by atoms with E-state index >= 15 is 0 Å². The van der Waals surface area contributed by atoms with Gasteiger partial charge in [0.15, 0.2) is 5.16 Å². The fraction of sp³-hybridized carbons (Fsp3) is 0.438. The topological polar surface area (TPSA) is 64.0 Å². The van der Waals surface area contributed by atoms with E-state index in [9.17, 15) is 22.8 Å². The lowest BCUT2D eigenvalue weighted by Gasteiger charge is -2.11. The molecule has 0 saturated heterocycles. The van der Waals surface area contributed by atoms with Gasteiger partial charge in [0.05, 0.1) is 11.1 Å². The molecule has 0 spiro atoms. The number of amides is 1. The van der Waals surface area contributed by atoms with Crippen molar-refractivity contribution in [1.82, 2.24) is 14.9 Å². The molecule has 3 rings (SSSR count). The highest BCUT2D eigenvalue weighted by Crippen LogP contribution is 2.35. The number of rotatable bonds is 6. The second kappa shape index (κ2) is 7.43. The predicted molar refractivity (Wildman–Crippen MR) is 95.9 cm³/mol. The fourth-order valence-electron chi connectivity index (χ4n) is 2.84. The van der Waals surface area contributed by atoms with Crippen LogP contribution in [0.25, 0.3) is 10.2 Å². The molecule has 2 aromatic heterocycles. The molecule has 0 radical (unpaired) electrons. The number of thioether (sulfide) groups is 1. The smallest absolute Gasteiger partial charge is 0.346 e. The van der Waals surface area contributed by atoms with E-state index in [1.54, 1.807) is 6.08 Å². The summed E-state index contributed by atoms with van der Waals surface area (Å²) in [5.41, 5.74) is 0.868. The van der Waals surface area contributed by atoms with Gasteiger partial charge in [-0.25, -0.2) is 4.98 Å². The zero-order chi connectivity index (χ0) is 18.9. The molecule has 0 unspecified atom stereocenters. The lowest BCUT2D eigenvalue weighted by atomic mass is 10.2. The van der Waals surface area contributed by atoms with Crippen molar-refractivity contribution in [2.75, 3.05) is 12.3 Å². The third-order valence-corrected chi connectivity index (χ3v) is 6.08. The number of fused-ring (bicyclic) bond motifs is 3. The molecule has 10 heteroatoms. The highest BCUT2D eigenvalue weighted by molar-refractivity contribution is 7.99. The highest BCUT2D eigenvalue weighted by atomic mass is 32.2. The van der Waals surface area contributed by atoms with Gasteiger partial charge in [-0.1, -0.05) is 17.8 Å². The summed E-state index contributed by atoms with van der Waals surface area (Å²) in [5.74, 6) is -1.02. The Hall–Kier alpha value is -1.81. The van der Waals surface area contributed by atoms with Gasteiger partial charge in [0.25, 0.3) is 5.56 Å². The zero-order valence-corrected chi connectivity index (χ0v) is 15.3. The van der Waals surface area contributed by atoms with Crippen LogP contribution in [0.5, 0.6) is 0 Å². The van der Waals surface area contributed by atoms with Gasteiger partial charge in [-0.05, 0) is 24.8 Å². The molecule has 26 heavy (non-hydrogen) atoms. The van der Waals surface area contributed by atoms with E-state index < -0.39 is 18.6 Å². The van der Waals surface area contributed by atoms with Gasteiger partial charge in [-0.15, -0.1) is 17.9 Å². The van der Waals surface area contributed by atoms with Crippen molar-refractivity contribution >= 4 is 39.2 Å². The number of hydrogen-bond acceptors (Lipinski definition) is 5. The number of nitrogens with one attached hydrogen (secondary N) is 1. The van der Waals surface area contributed by atoms with Gasteiger partial charge in [-0.3, -0.25) is 14.2 Å². The molecule has 1 aliphatic rings. The van der Waals surface area contributed by atoms with E-state index in [4.69, 9.17) is 0 Å². The molecule has 0 aliphatic heterocycles. The molecule has 2 aromatic rings. The molecule has 0 atom stereocenters. The minimum absolute atomic E-state index is 0.188. The lowest BCUT2D eigenvalue weighted by Crippen LogP contribution is -2.35. The van der Waals surface area contributed by atoms with Crippen LogP contribution >= 0.6 is 23.1 Å². The standard InChI is InChI=1S/C16H16F3N3O2S2/c1-2-6-22-14(24)12-9-4-3-5-10(9)26-13(12)21-15(22)25-7-11(23)20-8-16(17,18)19/h2H,1,3-8H2,(H,20,23). The van der Waals surface area contributed by atoms with Crippen LogP contribution in [-0.2, 0) is 24.2 Å². The average molecular weight is 403 g/mol. The number of halogens is 3. The van der Waals surface area contributed by atoms with Crippen molar-refractivity contribution in [3.05, 3.63) is 33.4 Å². The van der Waals surface area contributed by atoms with Crippen LogP contribution in [-0.4, -0.2) is 33.9 Å². The van der Waals surface area contributed by atoms with Crippen LogP contribution in [0.4, 0.5) is 13.2 Å². The molecule has 1 aliphatic carbocycles. The van der Waals surface area contributed by atoms with E-state index in [2.05, 4.69) is 11.6 Å². The van der Waals surface area contributed by atoms with E-state index in [-0.39, 0.29) is 17.9 Å². The Bertz CT molecular complexity index is 918. The Morgan fingerprint density at radius 1 is 1.42 bits per heavy atom. The number of aromatic nitrogens is 2. The number of allylic oxidation sites excluding steroid dienone is 1. The minimum Gasteiger partial charge on any atom is -0.346 e. The maximum absolute atomic E-state index is 12.9. The molecular formula is C16H16F3N3O2S2. The molecule has 1 amide bonds. The van der Waals surface area contributed by atoms with Gasteiger partial charge in [0.2, 0.25) is 5.91 Å². The van der Waals surface area contributed by atoms with Crippen LogP contribution in [0.15, 0.2) is 22.6 Å². The maximum atomic E-state index is 12.9. The predicted octanol–water partition coefficient (Wildman–Crippen LogP) is 2.90. The van der Waals surface area contributed by atoms with Gasteiger partial charge in [0.1, 0.15) is 11.4 Å². The Morgan fingerprint density at radius 3 is 2.88 bits per heavy atom. The molecule has 0 saturated carbocycles. The first-order valence-corrected chi connectivity index (χ1v) is 9.72. The summed E-state index contributed by atoms with van der Waals surface area (Å²) in [6.45, 7) is 2.47. The van der Waals surface area contributed by atoms with Crippen molar-refractivity contribution < 1.29 is 18.0 Å². The fourth-order valence-corrected chi connectivity index (χ4v) is 4.98. The minimum atomic E-state index is -4.46. The third-order valence-electron chi connectivity index (χ3n) is 3.92. The van der Waals surface area contributed by atoms with Gasteiger partial charge < -0.3 is 5.32 Å². The average Bonchev–Trinajstić information content (AvgIpc) is 3.13. The summed E-state index contributed by atoms with van der Waals surface area (Å²) in [6, 6.07) is 0. The summed E-state index contributed by atoms with van der Waals surface area (Å²) in [6.07, 6.45) is -0.102. The number of carbonyl (C=O) groups is 1. The first-order chi connectivity index (χ1) is 12.3. The second-order valence-electron chi connectivity index (χ2n) is 5.82. The van der Waals surface area contributed by atoms with E-state index in [1.807, 2.05) is 5.32 Å². The quantitative estimate of drug-likeness (QED) is 0.458. The van der Waals surface area contributed by atoms with Crippen molar-refractivity contribution in [2.45, 2.75) is 37.1 Å². The number of thiophene rings is 1. The highest BCUT2D eigenvalue weighted by Gasteiger charge is 2.28. The van der Waals surface area contributed by atoms with Crippen molar-refractivity contribution in [3.63, 3.8) is 0 Å². The monoisotopic (exact) mass is 403 g/mol. The first kappa shape index (κ1) is 19.0. The van der Waals surface area contributed by atoms with E-state index in [0.717, 1.165) is 36.6 Å². The summed E-state index contributed by atoms with van der Waals surface area (Å²) in [5, 5.41) is 2.74. The molecule has 0 aromatic carbocycles. The molecular weight excluding hydrogens is 387 g/mol. The summed E-state index contributed by atoms with van der Waals surface area (Å²) in [7, 11) is 0. The third kappa shape index (κ3) is 3.96. The number of alkyl halides is 3. The van der Waals surface area contributed by atoms with Crippen LogP contribution in [0.2, 0.25) is 0 Å². The van der Waals surface area contributed by atoms with Crippen LogP contribution in [0.1, 0.15) is 16.9 Å². The van der Waals surface area contributed by atoms with E-state index in [0.29, 0.717) is 15.4 Å². The number of aryl methyl sites for hydroxylation is 2. The van der Waals surface area contributed by atoms with Gasteiger partial charge in [-0.2, -0.15) is 13.2 Å². The number of carbonyl (C=O) groups excluding carboxylic acids is 1. The van der Waals surface area contributed by atoms with Crippen molar-refractivity contribution in [3.8, 4) is 0 Å². The second-order valence-corrected chi connectivity index (χ2v) is 7.84. The molecule has 1 N–H and O–H groups in total. The normalized spacial score (nSPS) is 13.8. The SMILES string of the molecule is C=CCn1c(SCC(=O)NCC(F)(F)F)nc2sc3c(c2c1=O)CCC3.